The highest BCUT2D eigenvalue weighted by molar-refractivity contribution is 5.12. The summed E-state index contributed by atoms with van der Waals surface area (Å²) in [5.41, 5.74) is 0. The summed E-state index contributed by atoms with van der Waals surface area (Å²) in [5.74, 6) is -1.77. The summed E-state index contributed by atoms with van der Waals surface area (Å²) < 4.78 is 31.5. The first-order valence-corrected chi connectivity index (χ1v) is 8.16. The van der Waals surface area contributed by atoms with Gasteiger partial charge in [-0.3, -0.25) is 0 Å². The Morgan fingerprint density at radius 1 is 1.12 bits per heavy atom. The van der Waals surface area contributed by atoms with Gasteiger partial charge in [-0.25, -0.2) is 0 Å². The lowest BCUT2D eigenvalue weighted by molar-refractivity contribution is -0.389. The van der Waals surface area contributed by atoms with Crippen LogP contribution in [0.3, 0.4) is 0 Å². The zero-order valence-electron chi connectivity index (χ0n) is 14.4. The van der Waals surface area contributed by atoms with Crippen LogP contribution in [0.2, 0.25) is 0 Å². The summed E-state index contributed by atoms with van der Waals surface area (Å²) >= 11 is 0. The van der Waals surface area contributed by atoms with E-state index >= 15 is 0 Å². The van der Waals surface area contributed by atoms with Gasteiger partial charge in [-0.05, 0) is 37.6 Å². The highest BCUT2D eigenvalue weighted by atomic mass is 16.9. The zero-order valence-corrected chi connectivity index (χ0v) is 14.4. The van der Waals surface area contributed by atoms with Gasteiger partial charge >= 0.3 is 5.82 Å². The van der Waals surface area contributed by atoms with E-state index in [2.05, 4.69) is 4.98 Å². The molecule has 1 aromatic heterocycles. The van der Waals surface area contributed by atoms with Crippen molar-refractivity contribution in [3.63, 3.8) is 0 Å². The molecule has 0 unspecified atom stereocenters. The predicted octanol–water partition coefficient (Wildman–Crippen LogP) is 1.19. The van der Waals surface area contributed by atoms with Crippen LogP contribution < -0.4 is 0 Å². The molecule has 4 heterocycles. The maximum atomic E-state index is 10.8. The van der Waals surface area contributed by atoms with Crippen molar-refractivity contribution in [1.82, 2.24) is 9.55 Å². The Morgan fingerprint density at radius 3 is 2.44 bits per heavy atom. The van der Waals surface area contributed by atoms with Crippen molar-refractivity contribution in [2.45, 2.75) is 76.5 Å². The molecule has 1 aromatic rings. The molecule has 3 aliphatic heterocycles. The molecule has 0 radical (unpaired) electrons. The van der Waals surface area contributed by atoms with Crippen LogP contribution in [0.5, 0.6) is 0 Å². The molecule has 0 saturated carbocycles. The third-order valence-corrected chi connectivity index (χ3v) is 4.45. The lowest BCUT2D eigenvalue weighted by Crippen LogP contribution is -2.56. The van der Waals surface area contributed by atoms with Gasteiger partial charge in [-0.1, -0.05) is 0 Å². The number of nitro groups is 1. The first kappa shape index (κ1) is 16.9. The normalized spacial score (nSPS) is 38.3. The minimum atomic E-state index is -0.779. The molecule has 0 aliphatic carbocycles. The highest BCUT2D eigenvalue weighted by Crippen LogP contribution is 2.44. The van der Waals surface area contributed by atoms with Gasteiger partial charge in [0.1, 0.15) is 30.6 Å². The van der Waals surface area contributed by atoms with Gasteiger partial charge in [-0.15, -0.1) is 0 Å². The Labute approximate surface area is 144 Å². The second kappa shape index (κ2) is 5.45. The van der Waals surface area contributed by atoms with E-state index in [1.54, 1.807) is 4.57 Å². The van der Waals surface area contributed by atoms with Gasteiger partial charge in [0.2, 0.25) is 6.33 Å². The summed E-state index contributed by atoms with van der Waals surface area (Å²) in [6, 6.07) is 0. The first-order valence-electron chi connectivity index (χ1n) is 8.16. The number of hydrogen-bond acceptors (Lipinski definition) is 8. The fourth-order valence-electron chi connectivity index (χ4n) is 3.59. The SMILES string of the molecule is CC1(C)O[C@H]2[C@@H](O1)[C@@H](Cn1cnc([N+](=O)[O-])c1)O[C@@H]1OC(C)(C)O[C@@H]12. The van der Waals surface area contributed by atoms with Crippen LogP contribution in [0.1, 0.15) is 27.7 Å². The Bertz CT molecular complexity index is 688. The predicted molar refractivity (Wildman–Crippen MR) is 81.4 cm³/mol. The van der Waals surface area contributed by atoms with E-state index in [-0.39, 0.29) is 18.0 Å². The molecule has 0 amide bonds. The van der Waals surface area contributed by atoms with Crippen LogP contribution in [0.15, 0.2) is 12.5 Å². The Morgan fingerprint density at radius 2 is 1.76 bits per heavy atom. The average Bonchev–Trinajstić information content (AvgIpc) is 3.13. The molecule has 0 spiro atoms. The molecule has 0 N–H and O–H groups in total. The maximum absolute atomic E-state index is 10.8. The molecular formula is C15H21N3O7. The van der Waals surface area contributed by atoms with Crippen molar-refractivity contribution >= 4 is 5.82 Å². The van der Waals surface area contributed by atoms with Crippen molar-refractivity contribution < 1.29 is 28.6 Å². The molecule has 3 fully saturated rings. The number of ether oxygens (including phenoxy) is 5. The summed E-state index contributed by atoms with van der Waals surface area (Å²) in [4.78, 5) is 14.0. The summed E-state index contributed by atoms with van der Waals surface area (Å²) in [6.07, 6.45) is 0.641. The molecule has 3 aliphatic rings. The summed E-state index contributed by atoms with van der Waals surface area (Å²) in [6.45, 7) is 7.63. The summed E-state index contributed by atoms with van der Waals surface area (Å²) in [5, 5.41) is 10.8. The molecule has 4 rings (SSSR count). The van der Waals surface area contributed by atoms with Crippen molar-refractivity contribution in [1.29, 1.82) is 0 Å². The van der Waals surface area contributed by atoms with Crippen LogP contribution in [-0.2, 0) is 30.2 Å². The molecule has 25 heavy (non-hydrogen) atoms. The third kappa shape index (κ3) is 3.04. The van der Waals surface area contributed by atoms with Crippen LogP contribution >= 0.6 is 0 Å². The van der Waals surface area contributed by atoms with E-state index < -0.39 is 35.0 Å². The Kier molecular flexibility index (Phi) is 3.68. The van der Waals surface area contributed by atoms with E-state index in [0.29, 0.717) is 6.54 Å². The Hall–Kier alpha value is -1.59. The van der Waals surface area contributed by atoms with Gasteiger partial charge in [0.25, 0.3) is 0 Å². The van der Waals surface area contributed by atoms with Gasteiger partial charge in [0, 0.05) is 0 Å². The molecule has 0 bridgehead atoms. The second-order valence-electron chi connectivity index (χ2n) is 7.39. The van der Waals surface area contributed by atoms with E-state index in [1.807, 2.05) is 27.7 Å². The third-order valence-electron chi connectivity index (χ3n) is 4.45. The van der Waals surface area contributed by atoms with E-state index in [9.17, 15) is 10.1 Å². The van der Waals surface area contributed by atoms with Crippen LogP contribution in [0.25, 0.3) is 0 Å². The lowest BCUT2D eigenvalue weighted by Gasteiger charge is -2.37. The number of rotatable bonds is 3. The standard InChI is InChI=1S/C15H21N3O7/c1-14(2)22-10-8(5-17-6-9(16-7-17)18(19)20)21-13-12(11(10)23-14)24-15(3,4)25-13/h6-8,10-13H,5H2,1-4H3/t8-,10+,11+,12-,13-/m1/s1. The van der Waals surface area contributed by atoms with Gasteiger partial charge < -0.3 is 38.4 Å². The number of hydrogen-bond donors (Lipinski definition) is 0. The van der Waals surface area contributed by atoms with Crippen molar-refractivity contribution in [2.24, 2.45) is 0 Å². The molecular weight excluding hydrogens is 334 g/mol. The first-order chi connectivity index (χ1) is 11.6. The quantitative estimate of drug-likeness (QED) is 0.588. The number of nitrogens with zero attached hydrogens (tertiary/aromatic N) is 3. The topological polar surface area (TPSA) is 107 Å². The second-order valence-corrected chi connectivity index (χ2v) is 7.39. The average molecular weight is 355 g/mol. The molecule has 5 atom stereocenters. The fourth-order valence-corrected chi connectivity index (χ4v) is 3.59. The van der Waals surface area contributed by atoms with E-state index in [0.717, 1.165) is 0 Å². The van der Waals surface area contributed by atoms with Crippen LogP contribution in [-0.4, -0.2) is 56.8 Å². The van der Waals surface area contributed by atoms with E-state index in [1.165, 1.54) is 12.5 Å². The van der Waals surface area contributed by atoms with Crippen LogP contribution in [0, 0.1) is 10.1 Å². The molecule has 3 saturated heterocycles. The minimum Gasteiger partial charge on any atom is -0.358 e. The fraction of sp³-hybridized carbons (Fsp3) is 0.800. The molecule has 10 nitrogen and oxygen atoms in total. The highest BCUT2D eigenvalue weighted by Gasteiger charge is 2.60. The van der Waals surface area contributed by atoms with Gasteiger partial charge in [0.15, 0.2) is 17.9 Å². The number of fused-ring (bicyclic) bond motifs is 3. The van der Waals surface area contributed by atoms with Crippen molar-refractivity contribution in [3.05, 3.63) is 22.6 Å². The molecule has 10 heteroatoms. The number of imidazole rings is 1. The number of aromatic nitrogens is 2. The van der Waals surface area contributed by atoms with Crippen molar-refractivity contribution in [2.75, 3.05) is 0 Å². The Balaban J connectivity index is 1.58. The smallest absolute Gasteiger partial charge is 0.358 e. The van der Waals surface area contributed by atoms with Gasteiger partial charge in [-0.2, -0.15) is 0 Å². The molecule has 138 valence electrons. The largest absolute Gasteiger partial charge is 0.381 e. The van der Waals surface area contributed by atoms with Crippen LogP contribution in [0.4, 0.5) is 5.82 Å². The lowest BCUT2D eigenvalue weighted by atomic mass is 9.99. The maximum Gasteiger partial charge on any atom is 0.381 e. The monoisotopic (exact) mass is 355 g/mol. The van der Waals surface area contributed by atoms with E-state index in [4.69, 9.17) is 23.7 Å². The summed E-state index contributed by atoms with van der Waals surface area (Å²) in [7, 11) is 0. The van der Waals surface area contributed by atoms with Crippen molar-refractivity contribution in [3.8, 4) is 0 Å². The minimum absolute atomic E-state index is 0.212. The zero-order chi connectivity index (χ0) is 18.0. The molecule has 0 aromatic carbocycles. The van der Waals surface area contributed by atoms with Gasteiger partial charge in [0.05, 0.1) is 6.54 Å².